The first-order valence-electron chi connectivity index (χ1n) is 12.3. The average molecular weight is 447 g/mol. The van der Waals surface area contributed by atoms with Gasteiger partial charge in [-0.1, -0.05) is 31.5 Å². The van der Waals surface area contributed by atoms with Crippen molar-refractivity contribution in [1.29, 1.82) is 0 Å². The molecule has 0 spiro atoms. The second kappa shape index (κ2) is 9.12. The summed E-state index contributed by atoms with van der Waals surface area (Å²) in [7, 11) is 0. The number of carbonyl (C=O) groups is 1. The molecule has 5 rings (SSSR count). The minimum Gasteiger partial charge on any atom is -0.367 e. The van der Waals surface area contributed by atoms with Crippen molar-refractivity contribution < 1.29 is 4.79 Å². The van der Waals surface area contributed by atoms with E-state index in [9.17, 15) is 4.79 Å². The first-order chi connectivity index (χ1) is 16.0. The van der Waals surface area contributed by atoms with Gasteiger partial charge in [0.25, 0.3) is 0 Å². The van der Waals surface area contributed by atoms with Crippen LogP contribution in [0.2, 0.25) is 0 Å². The molecule has 2 aliphatic rings. The van der Waals surface area contributed by atoms with Gasteiger partial charge in [-0.15, -0.1) is 0 Å². The van der Waals surface area contributed by atoms with Crippen molar-refractivity contribution in [3.8, 4) is 5.69 Å². The standard InChI is InChI=1S/C26H34N6O/c1-16(2)14-23(33)28-19-8-10-20(11-9-19)29-25-22-15-27-32(21-12-4-17(3)5-13-21)26(22)31-24(30-25)18-6-7-18/h4-5,12-13,15-16,18-20H,6-11,14H2,1-3H3,(H,28,33)(H,29,30,31). The zero-order chi connectivity index (χ0) is 22.9. The van der Waals surface area contributed by atoms with Crippen LogP contribution in [0.15, 0.2) is 30.5 Å². The van der Waals surface area contributed by atoms with Gasteiger partial charge in [0, 0.05) is 24.4 Å². The lowest BCUT2D eigenvalue weighted by Gasteiger charge is -2.30. The highest BCUT2D eigenvalue weighted by Gasteiger charge is 2.29. The fraction of sp³-hybridized carbons (Fsp3) is 0.538. The molecule has 2 saturated carbocycles. The van der Waals surface area contributed by atoms with Crippen molar-refractivity contribution in [3.63, 3.8) is 0 Å². The molecule has 0 unspecified atom stereocenters. The van der Waals surface area contributed by atoms with Gasteiger partial charge in [0.1, 0.15) is 11.6 Å². The number of nitrogens with one attached hydrogen (secondary N) is 2. The summed E-state index contributed by atoms with van der Waals surface area (Å²) in [5.74, 6) is 2.85. The van der Waals surface area contributed by atoms with Crippen LogP contribution in [0.25, 0.3) is 16.7 Å². The summed E-state index contributed by atoms with van der Waals surface area (Å²) in [6, 6.07) is 9.00. The van der Waals surface area contributed by atoms with Crippen LogP contribution in [0.5, 0.6) is 0 Å². The fourth-order valence-electron chi connectivity index (χ4n) is 4.67. The van der Waals surface area contributed by atoms with Crippen molar-refractivity contribution in [3.05, 3.63) is 41.9 Å². The Morgan fingerprint density at radius 3 is 2.39 bits per heavy atom. The first-order valence-corrected chi connectivity index (χ1v) is 12.3. The Morgan fingerprint density at radius 1 is 1.03 bits per heavy atom. The van der Waals surface area contributed by atoms with Crippen LogP contribution in [0.1, 0.15) is 76.1 Å². The molecule has 2 N–H and O–H groups in total. The highest BCUT2D eigenvalue weighted by molar-refractivity contribution is 5.87. The normalized spacial score (nSPS) is 20.8. The highest BCUT2D eigenvalue weighted by atomic mass is 16.1. The molecule has 2 fully saturated rings. The third-order valence-corrected chi connectivity index (χ3v) is 6.69. The molecule has 0 aliphatic heterocycles. The summed E-state index contributed by atoms with van der Waals surface area (Å²) in [5, 5.41) is 12.6. The van der Waals surface area contributed by atoms with Gasteiger partial charge in [0.2, 0.25) is 5.91 Å². The summed E-state index contributed by atoms with van der Waals surface area (Å²) in [6.45, 7) is 6.25. The van der Waals surface area contributed by atoms with Crippen LogP contribution in [-0.4, -0.2) is 37.7 Å². The van der Waals surface area contributed by atoms with Crippen molar-refractivity contribution in [1.82, 2.24) is 25.1 Å². The smallest absolute Gasteiger partial charge is 0.220 e. The van der Waals surface area contributed by atoms with Crippen LogP contribution in [0.4, 0.5) is 5.82 Å². The number of fused-ring (bicyclic) bond motifs is 1. The summed E-state index contributed by atoms with van der Waals surface area (Å²) in [4.78, 5) is 22.0. The van der Waals surface area contributed by atoms with E-state index in [1.807, 2.05) is 10.9 Å². The van der Waals surface area contributed by atoms with Gasteiger partial charge in [0.05, 0.1) is 17.3 Å². The summed E-state index contributed by atoms with van der Waals surface area (Å²) < 4.78 is 1.93. The third kappa shape index (κ3) is 5.02. The Kier molecular flexibility index (Phi) is 6.04. The lowest BCUT2D eigenvalue weighted by atomic mass is 9.91. The molecule has 2 heterocycles. The molecule has 33 heavy (non-hydrogen) atoms. The molecular formula is C26H34N6O. The fourth-order valence-corrected chi connectivity index (χ4v) is 4.67. The monoisotopic (exact) mass is 446 g/mol. The van der Waals surface area contributed by atoms with E-state index in [0.29, 0.717) is 24.3 Å². The molecule has 7 nitrogen and oxygen atoms in total. The van der Waals surface area contributed by atoms with E-state index >= 15 is 0 Å². The maximum atomic E-state index is 12.1. The van der Waals surface area contributed by atoms with Crippen molar-refractivity contribution in [2.45, 2.75) is 83.7 Å². The average Bonchev–Trinajstić information content (AvgIpc) is 3.55. The molecule has 3 aromatic rings. The summed E-state index contributed by atoms with van der Waals surface area (Å²) in [5.41, 5.74) is 3.11. The minimum atomic E-state index is 0.177. The minimum absolute atomic E-state index is 0.177. The lowest BCUT2D eigenvalue weighted by Crippen LogP contribution is -2.40. The van der Waals surface area contributed by atoms with Crippen LogP contribution in [-0.2, 0) is 4.79 Å². The molecule has 1 aromatic carbocycles. The van der Waals surface area contributed by atoms with E-state index in [4.69, 9.17) is 9.97 Å². The highest BCUT2D eigenvalue weighted by Crippen LogP contribution is 2.40. The number of rotatable bonds is 7. The zero-order valence-corrected chi connectivity index (χ0v) is 19.8. The SMILES string of the molecule is Cc1ccc(-n2ncc3c(NC4CCC(NC(=O)CC(C)C)CC4)nc(C4CC4)nc32)cc1. The van der Waals surface area contributed by atoms with Gasteiger partial charge in [-0.3, -0.25) is 4.79 Å². The molecule has 7 heteroatoms. The number of carbonyl (C=O) groups excluding carboxylic acids is 1. The molecular weight excluding hydrogens is 412 g/mol. The van der Waals surface area contributed by atoms with Gasteiger partial charge >= 0.3 is 0 Å². The quantitative estimate of drug-likeness (QED) is 0.540. The number of amides is 1. The second-order valence-corrected chi connectivity index (χ2v) is 10.2. The van der Waals surface area contributed by atoms with Gasteiger partial charge in [0.15, 0.2) is 5.65 Å². The number of aromatic nitrogens is 4. The van der Waals surface area contributed by atoms with Gasteiger partial charge in [-0.2, -0.15) is 5.10 Å². The number of nitrogens with zero attached hydrogens (tertiary/aromatic N) is 4. The molecule has 0 bridgehead atoms. The number of hydrogen-bond donors (Lipinski definition) is 2. The Bertz CT molecular complexity index is 1120. The van der Waals surface area contributed by atoms with E-state index in [1.165, 1.54) is 5.56 Å². The number of aryl methyl sites for hydroxylation is 1. The van der Waals surface area contributed by atoms with E-state index in [0.717, 1.165) is 66.9 Å². The Morgan fingerprint density at radius 2 is 1.73 bits per heavy atom. The van der Waals surface area contributed by atoms with Crippen LogP contribution >= 0.6 is 0 Å². The van der Waals surface area contributed by atoms with Crippen LogP contribution in [0.3, 0.4) is 0 Å². The lowest BCUT2D eigenvalue weighted by molar-refractivity contribution is -0.122. The van der Waals surface area contributed by atoms with Gasteiger partial charge in [-0.25, -0.2) is 14.6 Å². The number of hydrogen-bond acceptors (Lipinski definition) is 5. The summed E-state index contributed by atoms with van der Waals surface area (Å²) >= 11 is 0. The number of anilines is 1. The topological polar surface area (TPSA) is 84.7 Å². The maximum Gasteiger partial charge on any atom is 0.220 e. The molecule has 2 aromatic heterocycles. The second-order valence-electron chi connectivity index (χ2n) is 10.2. The van der Waals surface area contributed by atoms with Gasteiger partial charge < -0.3 is 10.6 Å². The molecule has 0 saturated heterocycles. The van der Waals surface area contributed by atoms with Crippen LogP contribution < -0.4 is 10.6 Å². The van der Waals surface area contributed by atoms with E-state index < -0.39 is 0 Å². The molecule has 0 atom stereocenters. The van der Waals surface area contributed by atoms with Crippen molar-refractivity contribution >= 4 is 22.8 Å². The third-order valence-electron chi connectivity index (χ3n) is 6.69. The number of benzene rings is 1. The predicted octanol–water partition coefficient (Wildman–Crippen LogP) is 4.89. The first kappa shape index (κ1) is 21.9. The predicted molar refractivity (Wildman–Crippen MR) is 131 cm³/mol. The summed E-state index contributed by atoms with van der Waals surface area (Å²) in [6.07, 6.45) is 8.82. The van der Waals surface area contributed by atoms with E-state index in [2.05, 4.69) is 60.8 Å². The molecule has 1 amide bonds. The molecule has 0 radical (unpaired) electrons. The Labute approximate surface area is 195 Å². The van der Waals surface area contributed by atoms with Crippen molar-refractivity contribution in [2.75, 3.05) is 5.32 Å². The zero-order valence-electron chi connectivity index (χ0n) is 19.8. The van der Waals surface area contributed by atoms with Gasteiger partial charge in [-0.05, 0) is 63.5 Å². The van der Waals surface area contributed by atoms with E-state index in [1.54, 1.807) is 0 Å². The van der Waals surface area contributed by atoms with E-state index in [-0.39, 0.29) is 11.9 Å². The Balaban J connectivity index is 1.33. The van der Waals surface area contributed by atoms with Crippen molar-refractivity contribution in [2.24, 2.45) is 5.92 Å². The molecule has 2 aliphatic carbocycles. The van der Waals surface area contributed by atoms with Crippen LogP contribution in [0, 0.1) is 12.8 Å². The molecule has 174 valence electrons. The Hall–Kier alpha value is -2.96. The largest absolute Gasteiger partial charge is 0.367 e. The maximum absolute atomic E-state index is 12.1.